The number of benzene rings is 2. The Bertz CT molecular complexity index is 1130. The van der Waals surface area contributed by atoms with Gasteiger partial charge >= 0.3 is 5.97 Å². The highest BCUT2D eigenvalue weighted by Crippen LogP contribution is 2.30. The first-order chi connectivity index (χ1) is 15.6. The van der Waals surface area contributed by atoms with Crippen molar-refractivity contribution in [1.29, 1.82) is 0 Å². The predicted molar refractivity (Wildman–Crippen MR) is 119 cm³/mol. The summed E-state index contributed by atoms with van der Waals surface area (Å²) in [6.45, 7) is 0.110. The largest absolute Gasteiger partial charge is 0.493 e. The molecule has 1 N–H and O–H groups in total. The number of hydrogen-bond donors (Lipinski definition) is 1. The maximum atomic E-state index is 12.2. The van der Waals surface area contributed by atoms with E-state index in [1.807, 2.05) is 18.2 Å². The number of rotatable bonds is 9. The molecule has 1 amide bonds. The first-order valence-corrected chi connectivity index (χ1v) is 10.7. The van der Waals surface area contributed by atoms with E-state index in [4.69, 9.17) is 18.6 Å². The molecule has 1 aliphatic carbocycles. The standard InChI is InChI=1S/C25H27NO6/c1-29-21-7-6-16(10-23(21)30-2)8-9-26-24(27)15-32-25(28)13-19-14-31-22-12-18-5-3-4-17(18)11-20(19)22/h6-7,10-12,14H,3-5,8-9,13,15H2,1-2H3,(H,26,27). The highest BCUT2D eigenvalue weighted by atomic mass is 16.5. The van der Waals surface area contributed by atoms with Crippen molar-refractivity contribution in [3.05, 3.63) is 58.8 Å². The first kappa shape index (κ1) is 21.7. The molecule has 168 valence electrons. The normalized spacial score (nSPS) is 12.4. The average molecular weight is 437 g/mol. The summed E-state index contributed by atoms with van der Waals surface area (Å²) >= 11 is 0. The molecule has 1 aliphatic rings. The highest BCUT2D eigenvalue weighted by Gasteiger charge is 2.17. The number of amides is 1. The number of hydrogen-bond acceptors (Lipinski definition) is 6. The summed E-state index contributed by atoms with van der Waals surface area (Å²) < 4.78 is 21.3. The molecule has 4 rings (SSSR count). The van der Waals surface area contributed by atoms with E-state index in [2.05, 4.69) is 17.4 Å². The van der Waals surface area contributed by atoms with Crippen molar-refractivity contribution in [2.45, 2.75) is 32.1 Å². The van der Waals surface area contributed by atoms with E-state index >= 15 is 0 Å². The Morgan fingerprint density at radius 1 is 1.03 bits per heavy atom. The zero-order valence-electron chi connectivity index (χ0n) is 18.4. The minimum atomic E-state index is -0.455. The van der Waals surface area contributed by atoms with Crippen LogP contribution in [-0.4, -0.2) is 39.2 Å². The molecule has 0 unspecified atom stereocenters. The van der Waals surface area contributed by atoms with Gasteiger partial charge in [-0.1, -0.05) is 6.07 Å². The van der Waals surface area contributed by atoms with Gasteiger partial charge in [0.25, 0.3) is 5.91 Å². The number of aryl methyl sites for hydroxylation is 2. The van der Waals surface area contributed by atoms with Crippen molar-refractivity contribution in [2.24, 2.45) is 0 Å². The number of esters is 1. The van der Waals surface area contributed by atoms with Gasteiger partial charge < -0.3 is 23.9 Å². The monoisotopic (exact) mass is 437 g/mol. The lowest BCUT2D eigenvalue weighted by Crippen LogP contribution is -2.30. The number of methoxy groups -OCH3 is 2. The number of fused-ring (bicyclic) bond motifs is 2. The fourth-order valence-electron chi connectivity index (χ4n) is 4.07. The number of nitrogens with one attached hydrogen (secondary N) is 1. The molecular formula is C25H27NO6. The van der Waals surface area contributed by atoms with Crippen LogP contribution in [0.4, 0.5) is 0 Å². The van der Waals surface area contributed by atoms with Crippen LogP contribution < -0.4 is 14.8 Å². The Hall–Kier alpha value is -3.48. The molecule has 0 saturated heterocycles. The molecule has 0 spiro atoms. The van der Waals surface area contributed by atoms with Gasteiger partial charge in [0, 0.05) is 17.5 Å². The van der Waals surface area contributed by atoms with E-state index in [1.165, 1.54) is 11.1 Å². The second-order valence-corrected chi connectivity index (χ2v) is 7.86. The van der Waals surface area contributed by atoms with Crippen LogP contribution in [0.1, 0.15) is 28.7 Å². The SMILES string of the molecule is COc1ccc(CCNC(=O)COC(=O)Cc2coc3cc4c(cc23)CCC4)cc1OC. The number of furan rings is 1. The van der Waals surface area contributed by atoms with Gasteiger partial charge in [0.1, 0.15) is 5.58 Å². The lowest BCUT2D eigenvalue weighted by molar-refractivity contribution is -0.147. The molecule has 0 fully saturated rings. The predicted octanol–water partition coefficient (Wildman–Crippen LogP) is 3.38. The Labute approximate surface area is 186 Å². The fourth-order valence-corrected chi connectivity index (χ4v) is 4.07. The first-order valence-electron chi connectivity index (χ1n) is 10.7. The van der Waals surface area contributed by atoms with Crippen molar-refractivity contribution >= 4 is 22.8 Å². The average Bonchev–Trinajstić information content (AvgIpc) is 3.42. The summed E-state index contributed by atoms with van der Waals surface area (Å²) in [6, 6.07) is 9.79. The van der Waals surface area contributed by atoms with E-state index in [0.29, 0.717) is 24.5 Å². The number of carbonyl (C=O) groups is 2. The van der Waals surface area contributed by atoms with Crippen molar-refractivity contribution < 1.29 is 28.2 Å². The van der Waals surface area contributed by atoms with Gasteiger partial charge in [-0.3, -0.25) is 9.59 Å². The van der Waals surface area contributed by atoms with Crippen molar-refractivity contribution in [3.8, 4) is 11.5 Å². The number of ether oxygens (including phenoxy) is 3. The molecule has 0 radical (unpaired) electrons. The second-order valence-electron chi connectivity index (χ2n) is 7.86. The zero-order chi connectivity index (χ0) is 22.5. The van der Waals surface area contributed by atoms with Crippen LogP contribution in [0, 0.1) is 0 Å². The lowest BCUT2D eigenvalue weighted by atomic mass is 10.0. The molecule has 7 nitrogen and oxygen atoms in total. The minimum Gasteiger partial charge on any atom is -0.493 e. The highest BCUT2D eigenvalue weighted by molar-refractivity contribution is 5.88. The molecule has 0 bridgehead atoms. The molecule has 0 atom stereocenters. The molecule has 0 aliphatic heterocycles. The van der Waals surface area contributed by atoms with E-state index in [0.717, 1.165) is 41.4 Å². The van der Waals surface area contributed by atoms with Gasteiger partial charge in [-0.15, -0.1) is 0 Å². The van der Waals surface area contributed by atoms with Gasteiger partial charge in [-0.2, -0.15) is 0 Å². The van der Waals surface area contributed by atoms with Crippen LogP contribution in [0.5, 0.6) is 11.5 Å². The van der Waals surface area contributed by atoms with Crippen molar-refractivity contribution in [2.75, 3.05) is 27.4 Å². The van der Waals surface area contributed by atoms with Gasteiger partial charge in [-0.25, -0.2) is 0 Å². The Balaban J connectivity index is 1.23. The molecule has 1 aromatic heterocycles. The molecule has 32 heavy (non-hydrogen) atoms. The van der Waals surface area contributed by atoms with Crippen molar-refractivity contribution in [3.63, 3.8) is 0 Å². The van der Waals surface area contributed by atoms with Crippen LogP contribution >= 0.6 is 0 Å². The third-order valence-electron chi connectivity index (χ3n) is 5.75. The molecule has 7 heteroatoms. The van der Waals surface area contributed by atoms with Crippen LogP contribution in [0.25, 0.3) is 11.0 Å². The van der Waals surface area contributed by atoms with E-state index in [1.54, 1.807) is 20.5 Å². The number of carbonyl (C=O) groups excluding carboxylic acids is 2. The van der Waals surface area contributed by atoms with Gasteiger partial charge in [-0.05, 0) is 66.6 Å². The summed E-state index contributed by atoms with van der Waals surface area (Å²) in [6.07, 6.45) is 5.58. The van der Waals surface area contributed by atoms with Crippen LogP contribution in [-0.2, 0) is 40.0 Å². The van der Waals surface area contributed by atoms with Gasteiger partial charge in [0.05, 0.1) is 26.9 Å². The molecule has 2 aromatic carbocycles. The minimum absolute atomic E-state index is 0.0741. The summed E-state index contributed by atoms with van der Waals surface area (Å²) in [5.41, 5.74) is 5.22. The third-order valence-corrected chi connectivity index (χ3v) is 5.75. The second kappa shape index (κ2) is 9.77. The summed E-state index contributed by atoms with van der Waals surface area (Å²) in [4.78, 5) is 24.3. The zero-order valence-corrected chi connectivity index (χ0v) is 18.4. The summed E-state index contributed by atoms with van der Waals surface area (Å²) in [5, 5.41) is 3.71. The van der Waals surface area contributed by atoms with E-state index in [-0.39, 0.29) is 18.9 Å². The molecular weight excluding hydrogens is 410 g/mol. The van der Waals surface area contributed by atoms with Crippen LogP contribution in [0.3, 0.4) is 0 Å². The fraction of sp³-hybridized carbons (Fsp3) is 0.360. The maximum Gasteiger partial charge on any atom is 0.310 e. The lowest BCUT2D eigenvalue weighted by Gasteiger charge is -2.10. The topological polar surface area (TPSA) is 87.0 Å². The van der Waals surface area contributed by atoms with E-state index < -0.39 is 5.97 Å². The summed E-state index contributed by atoms with van der Waals surface area (Å²) in [5.74, 6) is 0.501. The Kier molecular flexibility index (Phi) is 6.63. The Morgan fingerprint density at radius 3 is 2.59 bits per heavy atom. The molecule has 1 heterocycles. The van der Waals surface area contributed by atoms with Crippen molar-refractivity contribution in [1.82, 2.24) is 5.32 Å². The molecule has 0 saturated carbocycles. The third kappa shape index (κ3) is 4.88. The summed E-state index contributed by atoms with van der Waals surface area (Å²) in [7, 11) is 3.16. The Morgan fingerprint density at radius 2 is 1.81 bits per heavy atom. The quantitative estimate of drug-likeness (QED) is 0.517. The maximum absolute atomic E-state index is 12.2. The van der Waals surface area contributed by atoms with Crippen LogP contribution in [0.15, 0.2) is 41.0 Å². The van der Waals surface area contributed by atoms with Gasteiger partial charge in [0.15, 0.2) is 18.1 Å². The molecule has 3 aromatic rings. The van der Waals surface area contributed by atoms with Crippen LogP contribution in [0.2, 0.25) is 0 Å². The van der Waals surface area contributed by atoms with Gasteiger partial charge in [0.2, 0.25) is 0 Å². The van der Waals surface area contributed by atoms with E-state index in [9.17, 15) is 9.59 Å². The smallest absolute Gasteiger partial charge is 0.310 e.